The van der Waals surface area contributed by atoms with Crippen LogP contribution in [0.5, 0.6) is 0 Å². The van der Waals surface area contributed by atoms with Crippen molar-refractivity contribution in [1.29, 1.82) is 0 Å². The molecule has 0 aliphatic carbocycles. The summed E-state index contributed by atoms with van der Waals surface area (Å²) in [6.45, 7) is 2.06. The average Bonchev–Trinajstić information content (AvgIpc) is 2.55. The summed E-state index contributed by atoms with van der Waals surface area (Å²) < 4.78 is 14.1. The second kappa shape index (κ2) is 3.28. The summed E-state index contributed by atoms with van der Waals surface area (Å²) in [4.78, 5) is 1.19. The number of halogens is 2. The van der Waals surface area contributed by atoms with Gasteiger partial charge in [-0.05, 0) is 23.9 Å². The predicted octanol–water partition coefficient (Wildman–Crippen LogP) is 4.26. The minimum Gasteiger partial charge on any atom is -0.204 e. The summed E-state index contributed by atoms with van der Waals surface area (Å²) in [5.41, 5.74) is 0. The fourth-order valence-corrected chi connectivity index (χ4v) is 2.52. The van der Waals surface area contributed by atoms with Gasteiger partial charge in [-0.3, -0.25) is 0 Å². The maximum absolute atomic E-state index is 13.4. The van der Waals surface area contributed by atoms with Gasteiger partial charge in [0.25, 0.3) is 0 Å². The summed E-state index contributed by atoms with van der Waals surface area (Å²) in [6.07, 6.45) is 0.941. The fraction of sp³-hybridized carbons (Fsp3) is 0.200. The van der Waals surface area contributed by atoms with Gasteiger partial charge in [0, 0.05) is 4.88 Å². The number of thiophene rings is 1. The van der Waals surface area contributed by atoms with Gasteiger partial charge in [-0.1, -0.05) is 24.6 Å². The molecular weight excluding hydrogens is 207 g/mol. The van der Waals surface area contributed by atoms with Gasteiger partial charge in [0.05, 0.1) is 9.72 Å². The number of benzene rings is 1. The van der Waals surface area contributed by atoms with Gasteiger partial charge in [-0.25, -0.2) is 4.39 Å². The molecule has 0 saturated carbocycles. The van der Waals surface area contributed by atoms with E-state index in [-0.39, 0.29) is 10.8 Å². The monoisotopic (exact) mass is 214 g/mol. The van der Waals surface area contributed by atoms with E-state index in [2.05, 4.69) is 6.92 Å². The van der Waals surface area contributed by atoms with E-state index >= 15 is 0 Å². The minimum atomic E-state index is -0.288. The zero-order valence-corrected chi connectivity index (χ0v) is 8.68. The second-order valence-electron chi connectivity index (χ2n) is 2.85. The quantitative estimate of drug-likeness (QED) is 0.666. The largest absolute Gasteiger partial charge is 0.204 e. The number of rotatable bonds is 1. The number of fused-ring (bicyclic) bond motifs is 1. The van der Waals surface area contributed by atoms with E-state index in [1.807, 2.05) is 12.1 Å². The topological polar surface area (TPSA) is 0 Å². The number of aryl methyl sites for hydroxylation is 1. The summed E-state index contributed by atoms with van der Waals surface area (Å²) >= 11 is 7.15. The zero-order chi connectivity index (χ0) is 9.42. The summed E-state index contributed by atoms with van der Waals surface area (Å²) in [6, 6.07) is 5.47. The maximum atomic E-state index is 13.4. The van der Waals surface area contributed by atoms with Gasteiger partial charge in [0.1, 0.15) is 0 Å². The molecule has 68 valence electrons. The Morgan fingerprint density at radius 3 is 2.92 bits per heavy atom. The molecule has 0 aliphatic rings. The Labute approximate surface area is 85.0 Å². The standard InChI is InChI=1S/C10H8ClFS/c1-2-7-5-6-3-4-8(11)9(12)10(6)13-7/h3-5H,2H2,1H3. The molecule has 13 heavy (non-hydrogen) atoms. The molecule has 3 heteroatoms. The molecule has 0 atom stereocenters. The van der Waals surface area contributed by atoms with Crippen molar-refractivity contribution in [2.45, 2.75) is 13.3 Å². The lowest BCUT2D eigenvalue weighted by Crippen LogP contribution is -1.74. The van der Waals surface area contributed by atoms with E-state index in [1.165, 1.54) is 16.2 Å². The maximum Gasteiger partial charge on any atom is 0.159 e. The second-order valence-corrected chi connectivity index (χ2v) is 4.39. The molecule has 1 aromatic heterocycles. The Hall–Kier alpha value is -0.600. The molecule has 0 bridgehead atoms. The van der Waals surface area contributed by atoms with Gasteiger partial charge in [0.15, 0.2) is 5.82 Å². The highest BCUT2D eigenvalue weighted by atomic mass is 35.5. The summed E-state index contributed by atoms with van der Waals surface area (Å²) in [7, 11) is 0. The van der Waals surface area contributed by atoms with Crippen LogP contribution >= 0.6 is 22.9 Å². The van der Waals surface area contributed by atoms with Crippen molar-refractivity contribution in [2.75, 3.05) is 0 Å². The summed E-state index contributed by atoms with van der Waals surface area (Å²) in [5.74, 6) is -0.288. The molecule has 0 unspecified atom stereocenters. The van der Waals surface area contributed by atoms with Crippen LogP contribution in [-0.2, 0) is 6.42 Å². The molecule has 0 amide bonds. The first kappa shape index (κ1) is 8.97. The van der Waals surface area contributed by atoms with Crippen molar-refractivity contribution in [3.63, 3.8) is 0 Å². The normalized spacial score (nSPS) is 11.0. The Morgan fingerprint density at radius 2 is 2.23 bits per heavy atom. The Bertz CT molecular complexity index is 447. The molecule has 0 radical (unpaired) electrons. The van der Waals surface area contributed by atoms with Gasteiger partial charge >= 0.3 is 0 Å². The predicted molar refractivity (Wildman–Crippen MR) is 56.2 cm³/mol. The first-order valence-electron chi connectivity index (χ1n) is 4.08. The van der Waals surface area contributed by atoms with Crippen LogP contribution in [0.25, 0.3) is 10.1 Å². The van der Waals surface area contributed by atoms with Crippen molar-refractivity contribution in [3.05, 3.63) is 33.9 Å². The molecule has 0 aliphatic heterocycles. The molecule has 2 aromatic rings. The highest BCUT2D eigenvalue weighted by molar-refractivity contribution is 7.19. The molecule has 2 rings (SSSR count). The van der Waals surface area contributed by atoms with E-state index in [1.54, 1.807) is 6.07 Å². The number of hydrogen-bond acceptors (Lipinski definition) is 1. The molecule has 0 fully saturated rings. The average molecular weight is 215 g/mol. The van der Waals surface area contributed by atoms with Crippen LogP contribution in [0.4, 0.5) is 4.39 Å². The highest BCUT2D eigenvalue weighted by Gasteiger charge is 2.08. The first-order chi connectivity index (χ1) is 6.22. The Morgan fingerprint density at radius 1 is 1.46 bits per heavy atom. The molecule has 1 aromatic carbocycles. The van der Waals surface area contributed by atoms with E-state index in [4.69, 9.17) is 11.6 Å². The van der Waals surface area contributed by atoms with Gasteiger partial charge in [-0.15, -0.1) is 11.3 Å². The lowest BCUT2D eigenvalue weighted by atomic mass is 10.2. The molecule has 0 saturated heterocycles. The zero-order valence-electron chi connectivity index (χ0n) is 7.10. The smallest absolute Gasteiger partial charge is 0.159 e. The van der Waals surface area contributed by atoms with Crippen molar-refractivity contribution < 1.29 is 4.39 Å². The van der Waals surface area contributed by atoms with Crippen LogP contribution in [0.15, 0.2) is 18.2 Å². The fourth-order valence-electron chi connectivity index (χ4n) is 1.27. The molecular formula is C10H8ClFS. The lowest BCUT2D eigenvalue weighted by Gasteiger charge is -1.93. The van der Waals surface area contributed by atoms with Gasteiger partial charge in [0.2, 0.25) is 0 Å². The van der Waals surface area contributed by atoms with E-state index in [9.17, 15) is 4.39 Å². The number of hydrogen-bond donors (Lipinski definition) is 0. The Kier molecular flexibility index (Phi) is 2.26. The summed E-state index contributed by atoms with van der Waals surface area (Å²) in [5, 5.41) is 1.15. The third-order valence-electron chi connectivity index (χ3n) is 1.98. The Balaban J connectivity index is 2.76. The van der Waals surface area contributed by atoms with Gasteiger partial charge in [-0.2, -0.15) is 0 Å². The van der Waals surface area contributed by atoms with E-state index < -0.39 is 0 Å². The van der Waals surface area contributed by atoms with E-state index in [0.717, 1.165) is 11.8 Å². The molecule has 0 N–H and O–H groups in total. The highest BCUT2D eigenvalue weighted by Crippen LogP contribution is 2.31. The lowest BCUT2D eigenvalue weighted by molar-refractivity contribution is 0.642. The van der Waals surface area contributed by atoms with Gasteiger partial charge < -0.3 is 0 Å². The minimum absolute atomic E-state index is 0.206. The molecule has 1 heterocycles. The van der Waals surface area contributed by atoms with Crippen molar-refractivity contribution >= 4 is 33.0 Å². The van der Waals surface area contributed by atoms with Crippen LogP contribution in [0, 0.1) is 5.82 Å². The molecule has 0 spiro atoms. The van der Waals surface area contributed by atoms with Crippen LogP contribution < -0.4 is 0 Å². The third-order valence-corrected chi connectivity index (χ3v) is 3.56. The van der Waals surface area contributed by atoms with Crippen LogP contribution in [0.2, 0.25) is 5.02 Å². The van der Waals surface area contributed by atoms with Crippen molar-refractivity contribution in [1.82, 2.24) is 0 Å². The molecule has 0 nitrogen and oxygen atoms in total. The van der Waals surface area contributed by atoms with Crippen molar-refractivity contribution in [2.24, 2.45) is 0 Å². The van der Waals surface area contributed by atoms with E-state index in [0.29, 0.717) is 4.70 Å². The third kappa shape index (κ3) is 1.45. The van der Waals surface area contributed by atoms with Crippen molar-refractivity contribution in [3.8, 4) is 0 Å². The SMILES string of the molecule is CCc1cc2ccc(Cl)c(F)c2s1. The van der Waals surface area contributed by atoms with Crippen LogP contribution in [0.3, 0.4) is 0 Å². The van der Waals surface area contributed by atoms with Crippen LogP contribution in [-0.4, -0.2) is 0 Å². The first-order valence-corrected chi connectivity index (χ1v) is 5.28. The van der Waals surface area contributed by atoms with Crippen LogP contribution in [0.1, 0.15) is 11.8 Å².